The van der Waals surface area contributed by atoms with Crippen molar-refractivity contribution in [3.63, 3.8) is 0 Å². The van der Waals surface area contributed by atoms with E-state index in [1.165, 1.54) is 17.5 Å². The van der Waals surface area contributed by atoms with Crippen LogP contribution >= 0.6 is 0 Å². The lowest BCUT2D eigenvalue weighted by atomic mass is 9.74. The van der Waals surface area contributed by atoms with Crippen LogP contribution in [0.4, 0.5) is 0 Å². The molecule has 4 atom stereocenters. The molecule has 2 heterocycles. The number of hydrogen-bond donors (Lipinski definition) is 1. The van der Waals surface area contributed by atoms with Crippen molar-refractivity contribution in [1.82, 2.24) is 5.32 Å². The zero-order valence-electron chi connectivity index (χ0n) is 13.1. The summed E-state index contributed by atoms with van der Waals surface area (Å²) >= 11 is 0. The predicted octanol–water partition coefficient (Wildman–Crippen LogP) is 3.92. The van der Waals surface area contributed by atoms with E-state index < -0.39 is 0 Å². The van der Waals surface area contributed by atoms with E-state index in [9.17, 15) is 4.79 Å². The van der Waals surface area contributed by atoms with Gasteiger partial charge >= 0.3 is 0 Å². The fraction of sp³-hybridized carbons (Fsp3) is 0.526. The van der Waals surface area contributed by atoms with Gasteiger partial charge in [-0.3, -0.25) is 4.79 Å². The second-order valence-corrected chi connectivity index (χ2v) is 6.64. The molecule has 0 unspecified atom stereocenters. The molecule has 2 saturated heterocycles. The molecule has 2 nitrogen and oxygen atoms in total. The third-order valence-electron chi connectivity index (χ3n) is 5.23. The molecule has 21 heavy (non-hydrogen) atoms. The van der Waals surface area contributed by atoms with Crippen molar-refractivity contribution in [3.8, 4) is 0 Å². The largest absolute Gasteiger partial charge is 0.310 e. The quantitative estimate of drug-likeness (QED) is 0.907. The third-order valence-corrected chi connectivity index (χ3v) is 5.23. The normalized spacial score (nSPS) is 31.1. The number of hydrogen-bond acceptors (Lipinski definition) is 2. The average molecular weight is 283 g/mol. The Bertz CT molecular complexity index is 545. The molecule has 2 aliphatic rings. The number of Topliss-reactive ketones (excluding diaryl/α,β-unsaturated/α-hetero) is 1. The molecule has 2 heteroatoms. The Morgan fingerprint density at radius 2 is 2.00 bits per heavy atom. The van der Waals surface area contributed by atoms with Gasteiger partial charge in [-0.15, -0.1) is 0 Å². The number of rotatable bonds is 4. The highest BCUT2D eigenvalue weighted by Gasteiger charge is 2.44. The zero-order chi connectivity index (χ0) is 15.0. The van der Waals surface area contributed by atoms with Crippen LogP contribution in [0, 0.1) is 5.92 Å². The highest BCUT2D eigenvalue weighted by Crippen LogP contribution is 2.42. The number of carbonyl (C=O) groups is 1. The van der Waals surface area contributed by atoms with Gasteiger partial charge in [0, 0.05) is 24.4 Å². The number of carbonyl (C=O) groups excluding carboxylic acids is 1. The Morgan fingerprint density at radius 1 is 1.29 bits per heavy atom. The van der Waals surface area contributed by atoms with E-state index in [2.05, 4.69) is 36.2 Å². The molecule has 0 aliphatic carbocycles. The summed E-state index contributed by atoms with van der Waals surface area (Å²) in [6.45, 7) is 8.02. The van der Waals surface area contributed by atoms with Crippen LogP contribution in [0.25, 0.3) is 5.57 Å². The summed E-state index contributed by atoms with van der Waals surface area (Å²) in [6, 6.07) is 9.69. The van der Waals surface area contributed by atoms with Gasteiger partial charge in [-0.25, -0.2) is 0 Å². The highest BCUT2D eigenvalue weighted by molar-refractivity contribution is 5.82. The van der Waals surface area contributed by atoms with Crippen LogP contribution < -0.4 is 5.32 Å². The second kappa shape index (κ2) is 5.76. The molecule has 3 rings (SSSR count). The van der Waals surface area contributed by atoms with E-state index in [1.807, 2.05) is 13.8 Å². The fourth-order valence-corrected chi connectivity index (χ4v) is 4.10. The summed E-state index contributed by atoms with van der Waals surface area (Å²) in [5, 5.41) is 3.65. The maximum atomic E-state index is 12.5. The highest BCUT2D eigenvalue weighted by atomic mass is 16.1. The third kappa shape index (κ3) is 2.69. The number of ketones is 1. The maximum absolute atomic E-state index is 12.5. The van der Waals surface area contributed by atoms with Crippen molar-refractivity contribution in [3.05, 3.63) is 42.0 Å². The molecule has 0 aromatic heterocycles. The van der Waals surface area contributed by atoms with Gasteiger partial charge in [-0.2, -0.15) is 0 Å². The smallest absolute Gasteiger partial charge is 0.137 e. The Labute approximate surface area is 127 Å². The molecule has 112 valence electrons. The topological polar surface area (TPSA) is 29.1 Å². The van der Waals surface area contributed by atoms with E-state index in [0.717, 1.165) is 18.4 Å². The number of nitrogens with one attached hydrogen (secondary N) is 1. The first-order chi connectivity index (χ1) is 10.1. The van der Waals surface area contributed by atoms with Crippen LogP contribution in [-0.4, -0.2) is 17.9 Å². The van der Waals surface area contributed by atoms with E-state index in [1.54, 1.807) is 0 Å². The summed E-state index contributed by atoms with van der Waals surface area (Å²) in [5.74, 6) is 0.960. The number of allylic oxidation sites excluding steroid dienone is 1. The minimum Gasteiger partial charge on any atom is -0.310 e. The van der Waals surface area contributed by atoms with Crippen molar-refractivity contribution < 1.29 is 4.79 Å². The summed E-state index contributed by atoms with van der Waals surface area (Å²) in [4.78, 5) is 12.5. The zero-order valence-corrected chi connectivity index (χ0v) is 13.1. The van der Waals surface area contributed by atoms with E-state index in [4.69, 9.17) is 0 Å². The molecule has 2 bridgehead atoms. The minimum atomic E-state index is 0.157. The van der Waals surface area contributed by atoms with Crippen LogP contribution in [0.1, 0.15) is 56.6 Å². The Kier molecular flexibility index (Phi) is 3.99. The Balaban J connectivity index is 1.90. The van der Waals surface area contributed by atoms with Crippen molar-refractivity contribution >= 4 is 11.4 Å². The molecular formula is C19H25NO. The van der Waals surface area contributed by atoms with Crippen molar-refractivity contribution in [2.75, 3.05) is 0 Å². The van der Waals surface area contributed by atoms with Gasteiger partial charge in [0.15, 0.2) is 0 Å². The Morgan fingerprint density at radius 3 is 2.62 bits per heavy atom. The lowest BCUT2D eigenvalue weighted by Gasteiger charge is -2.37. The molecule has 0 saturated carbocycles. The SMILES string of the molecule is C=C(C)c1ccc([C@H]2C[C@H]3CC[C@@H](N3)[C@@H]2C(=O)CC)cc1. The van der Waals surface area contributed by atoms with E-state index in [0.29, 0.717) is 30.2 Å². The lowest BCUT2D eigenvalue weighted by Crippen LogP contribution is -2.47. The molecule has 1 N–H and O–H groups in total. The van der Waals surface area contributed by atoms with Crippen LogP contribution in [0.15, 0.2) is 30.8 Å². The maximum Gasteiger partial charge on any atom is 0.137 e. The summed E-state index contributed by atoms with van der Waals surface area (Å²) in [5.41, 5.74) is 3.60. The summed E-state index contributed by atoms with van der Waals surface area (Å²) in [6.07, 6.45) is 4.12. The molecule has 2 aliphatic heterocycles. The van der Waals surface area contributed by atoms with Crippen molar-refractivity contribution in [2.24, 2.45) is 5.92 Å². The summed E-state index contributed by atoms with van der Waals surface area (Å²) < 4.78 is 0. The van der Waals surface area contributed by atoms with Crippen molar-refractivity contribution in [2.45, 2.75) is 57.5 Å². The second-order valence-electron chi connectivity index (χ2n) is 6.64. The first-order valence-electron chi connectivity index (χ1n) is 8.14. The van der Waals surface area contributed by atoms with Crippen LogP contribution in [0.5, 0.6) is 0 Å². The van der Waals surface area contributed by atoms with Gasteiger partial charge in [0.1, 0.15) is 5.78 Å². The molecule has 0 radical (unpaired) electrons. The van der Waals surface area contributed by atoms with Gasteiger partial charge in [0.05, 0.1) is 0 Å². The fourth-order valence-electron chi connectivity index (χ4n) is 4.10. The van der Waals surface area contributed by atoms with E-state index in [-0.39, 0.29) is 5.92 Å². The van der Waals surface area contributed by atoms with Crippen molar-refractivity contribution in [1.29, 1.82) is 0 Å². The summed E-state index contributed by atoms with van der Waals surface area (Å²) in [7, 11) is 0. The molecule has 1 aromatic rings. The molecular weight excluding hydrogens is 258 g/mol. The van der Waals surface area contributed by atoms with Gasteiger partial charge in [-0.1, -0.05) is 43.3 Å². The monoisotopic (exact) mass is 283 g/mol. The predicted molar refractivity (Wildman–Crippen MR) is 87.2 cm³/mol. The number of benzene rings is 1. The lowest BCUT2D eigenvalue weighted by molar-refractivity contribution is -0.124. The number of fused-ring (bicyclic) bond motifs is 2. The average Bonchev–Trinajstić information content (AvgIpc) is 2.88. The first kappa shape index (κ1) is 14.5. The van der Waals surface area contributed by atoms with Crippen LogP contribution in [0.3, 0.4) is 0 Å². The number of piperidine rings is 1. The van der Waals surface area contributed by atoms with Gasteiger partial charge in [0.25, 0.3) is 0 Å². The first-order valence-corrected chi connectivity index (χ1v) is 8.14. The Hall–Kier alpha value is -1.41. The minimum absolute atomic E-state index is 0.157. The standard InChI is InChI=1S/C19H25NO/c1-4-18(21)19-16(11-15-9-10-17(19)20-15)14-7-5-13(6-8-14)12(2)3/h5-8,15-17,19-20H,2,4,9-11H2,1,3H3/t15-,16-,17-,19-/m1/s1. The van der Waals surface area contributed by atoms with Crippen LogP contribution in [0.2, 0.25) is 0 Å². The van der Waals surface area contributed by atoms with Crippen LogP contribution in [-0.2, 0) is 4.79 Å². The van der Waals surface area contributed by atoms with E-state index >= 15 is 0 Å². The van der Waals surface area contributed by atoms with Gasteiger partial charge < -0.3 is 5.32 Å². The molecule has 0 amide bonds. The molecule has 1 aromatic carbocycles. The van der Waals surface area contributed by atoms with Gasteiger partial charge in [-0.05, 0) is 43.2 Å². The van der Waals surface area contributed by atoms with Gasteiger partial charge in [0.2, 0.25) is 0 Å². The molecule has 0 spiro atoms. The molecule has 2 fully saturated rings.